The van der Waals surface area contributed by atoms with Gasteiger partial charge in [-0.15, -0.1) is 0 Å². The molecular formula is C48H97NO4. The van der Waals surface area contributed by atoms with Crippen LogP contribution in [0.25, 0.3) is 0 Å². The molecule has 0 spiro atoms. The lowest BCUT2D eigenvalue weighted by atomic mass is 9.99. The van der Waals surface area contributed by atoms with Crippen LogP contribution in [0.1, 0.15) is 277 Å². The number of unbranched alkanes of at least 4 members (excludes halogenated alkanes) is 37. The van der Waals surface area contributed by atoms with Gasteiger partial charge in [0.1, 0.15) is 6.10 Å². The first-order valence-corrected chi connectivity index (χ1v) is 24.3. The van der Waals surface area contributed by atoms with Crippen LogP contribution < -0.4 is 5.32 Å². The van der Waals surface area contributed by atoms with Gasteiger partial charge in [-0.2, -0.15) is 0 Å². The molecule has 3 unspecified atom stereocenters. The molecule has 0 aliphatic rings. The van der Waals surface area contributed by atoms with Crippen LogP contribution in [0.4, 0.5) is 0 Å². The third kappa shape index (κ3) is 39.4. The predicted molar refractivity (Wildman–Crippen MR) is 232 cm³/mol. The molecule has 0 bridgehead atoms. The summed E-state index contributed by atoms with van der Waals surface area (Å²) in [5, 5.41) is 33.5. The van der Waals surface area contributed by atoms with E-state index in [1.54, 1.807) is 0 Å². The number of hydrogen-bond donors (Lipinski definition) is 4. The lowest BCUT2D eigenvalue weighted by molar-refractivity contribution is -0.124. The number of aliphatic hydroxyl groups is 3. The molecule has 5 nitrogen and oxygen atoms in total. The molecule has 53 heavy (non-hydrogen) atoms. The second kappa shape index (κ2) is 44.1. The van der Waals surface area contributed by atoms with E-state index in [0.717, 1.165) is 38.5 Å². The first kappa shape index (κ1) is 52.3. The van der Waals surface area contributed by atoms with Gasteiger partial charge >= 0.3 is 0 Å². The summed E-state index contributed by atoms with van der Waals surface area (Å²) in [5.74, 6) is -0.139. The fourth-order valence-corrected chi connectivity index (χ4v) is 7.93. The van der Waals surface area contributed by atoms with Crippen molar-refractivity contribution in [2.24, 2.45) is 0 Å². The molecule has 0 radical (unpaired) electrons. The van der Waals surface area contributed by atoms with E-state index in [-0.39, 0.29) is 12.5 Å². The van der Waals surface area contributed by atoms with E-state index in [1.165, 1.54) is 212 Å². The molecule has 5 heteroatoms. The molecule has 0 saturated heterocycles. The first-order valence-electron chi connectivity index (χ1n) is 24.3. The normalized spacial score (nSPS) is 13.4. The fraction of sp³-hybridized carbons (Fsp3) is 0.979. The van der Waals surface area contributed by atoms with Gasteiger partial charge in [-0.25, -0.2) is 0 Å². The summed E-state index contributed by atoms with van der Waals surface area (Å²) < 4.78 is 0. The standard InChI is InChI=1S/C48H97NO4/c1-3-5-7-9-11-13-15-16-17-18-19-20-21-22-23-24-25-26-27-28-29-30-31-33-35-37-39-41-43-47(52)49-45(44-50)48(53)46(51)42-40-38-36-34-32-14-12-10-8-6-4-2/h45-46,48,50-51,53H,3-44H2,1-2H3,(H,49,52). The highest BCUT2D eigenvalue weighted by Gasteiger charge is 2.26. The van der Waals surface area contributed by atoms with E-state index >= 15 is 0 Å². The molecule has 0 aromatic rings. The smallest absolute Gasteiger partial charge is 0.220 e. The Labute approximate surface area is 332 Å². The summed E-state index contributed by atoms with van der Waals surface area (Å²) in [6.07, 6.45) is 51.0. The Balaban J connectivity index is 3.46. The Kier molecular flexibility index (Phi) is 43.5. The lowest BCUT2D eigenvalue weighted by Crippen LogP contribution is -2.50. The quantitative estimate of drug-likeness (QED) is 0.0466. The Morgan fingerprint density at radius 3 is 0.906 bits per heavy atom. The van der Waals surface area contributed by atoms with E-state index < -0.39 is 18.2 Å². The van der Waals surface area contributed by atoms with Crippen LogP contribution in [0.3, 0.4) is 0 Å². The van der Waals surface area contributed by atoms with Gasteiger partial charge in [-0.05, 0) is 12.8 Å². The van der Waals surface area contributed by atoms with Crippen LogP contribution in [0, 0.1) is 0 Å². The molecule has 1 amide bonds. The molecule has 0 rings (SSSR count). The molecule has 0 aromatic carbocycles. The number of amides is 1. The molecule has 0 heterocycles. The van der Waals surface area contributed by atoms with Gasteiger partial charge in [0.25, 0.3) is 0 Å². The second-order valence-corrected chi connectivity index (χ2v) is 17.0. The molecule has 318 valence electrons. The molecule has 4 N–H and O–H groups in total. The van der Waals surface area contributed by atoms with Crippen molar-refractivity contribution in [1.82, 2.24) is 5.32 Å². The zero-order valence-electron chi connectivity index (χ0n) is 36.2. The highest BCUT2D eigenvalue weighted by Crippen LogP contribution is 2.18. The monoisotopic (exact) mass is 752 g/mol. The van der Waals surface area contributed by atoms with Crippen molar-refractivity contribution in [2.75, 3.05) is 6.61 Å². The van der Waals surface area contributed by atoms with Crippen LogP contribution in [0.2, 0.25) is 0 Å². The van der Waals surface area contributed by atoms with Gasteiger partial charge < -0.3 is 20.6 Å². The maximum absolute atomic E-state index is 12.4. The minimum absolute atomic E-state index is 0.139. The molecule has 0 fully saturated rings. The average molecular weight is 752 g/mol. The van der Waals surface area contributed by atoms with Crippen LogP contribution in [-0.2, 0) is 4.79 Å². The average Bonchev–Trinajstić information content (AvgIpc) is 3.16. The van der Waals surface area contributed by atoms with Gasteiger partial charge in [-0.1, -0.05) is 258 Å². The maximum atomic E-state index is 12.4. The number of nitrogens with one attached hydrogen (secondary N) is 1. The van der Waals surface area contributed by atoms with Crippen molar-refractivity contribution in [3.05, 3.63) is 0 Å². The summed E-state index contributed by atoms with van der Waals surface area (Å²) in [6.45, 7) is 4.19. The van der Waals surface area contributed by atoms with Crippen molar-refractivity contribution in [3.8, 4) is 0 Å². The lowest BCUT2D eigenvalue weighted by Gasteiger charge is -2.26. The van der Waals surface area contributed by atoms with Gasteiger partial charge in [0, 0.05) is 6.42 Å². The Hall–Kier alpha value is -0.650. The fourth-order valence-electron chi connectivity index (χ4n) is 7.93. The minimum atomic E-state index is -1.13. The number of aliphatic hydroxyl groups excluding tert-OH is 3. The number of hydrogen-bond acceptors (Lipinski definition) is 4. The summed E-state index contributed by atoms with van der Waals surface area (Å²) in [4.78, 5) is 12.4. The second-order valence-electron chi connectivity index (χ2n) is 17.0. The predicted octanol–water partition coefficient (Wildman–Crippen LogP) is 14.2. The summed E-state index contributed by atoms with van der Waals surface area (Å²) >= 11 is 0. The SMILES string of the molecule is CCCCCCCCCCCCCCCCCCCCCCCCCCCCCCC(=O)NC(CO)C(O)C(O)CCCCCCCCCCCCC. The summed E-state index contributed by atoms with van der Waals surface area (Å²) in [7, 11) is 0. The summed E-state index contributed by atoms with van der Waals surface area (Å²) in [6, 6.07) is -0.802. The van der Waals surface area contributed by atoms with Crippen LogP contribution in [0.15, 0.2) is 0 Å². The third-order valence-electron chi connectivity index (χ3n) is 11.7. The maximum Gasteiger partial charge on any atom is 0.220 e. The van der Waals surface area contributed by atoms with Crippen molar-refractivity contribution >= 4 is 5.91 Å². The highest BCUT2D eigenvalue weighted by atomic mass is 16.3. The Bertz CT molecular complexity index is 703. The molecule has 3 atom stereocenters. The number of carbonyl (C=O) groups is 1. The number of rotatable bonds is 45. The third-order valence-corrected chi connectivity index (χ3v) is 11.7. The summed E-state index contributed by atoms with van der Waals surface area (Å²) in [5.41, 5.74) is 0. The Morgan fingerprint density at radius 1 is 0.396 bits per heavy atom. The first-order chi connectivity index (χ1) is 26.1. The van der Waals surface area contributed by atoms with E-state index in [0.29, 0.717) is 12.8 Å². The van der Waals surface area contributed by atoms with Gasteiger partial charge in [0.2, 0.25) is 5.91 Å². The van der Waals surface area contributed by atoms with Crippen LogP contribution in [0.5, 0.6) is 0 Å². The van der Waals surface area contributed by atoms with Crippen LogP contribution in [-0.4, -0.2) is 46.1 Å². The molecule has 0 aliphatic heterocycles. The largest absolute Gasteiger partial charge is 0.394 e. The van der Waals surface area contributed by atoms with Crippen molar-refractivity contribution in [2.45, 2.75) is 295 Å². The van der Waals surface area contributed by atoms with E-state index in [1.807, 2.05) is 0 Å². The van der Waals surface area contributed by atoms with Crippen molar-refractivity contribution in [1.29, 1.82) is 0 Å². The van der Waals surface area contributed by atoms with Gasteiger partial charge in [0.15, 0.2) is 0 Å². The van der Waals surface area contributed by atoms with Gasteiger partial charge in [0.05, 0.1) is 18.8 Å². The van der Waals surface area contributed by atoms with Gasteiger partial charge in [-0.3, -0.25) is 4.79 Å². The molecule has 0 aliphatic carbocycles. The number of carbonyl (C=O) groups excluding carboxylic acids is 1. The zero-order chi connectivity index (χ0) is 38.7. The van der Waals surface area contributed by atoms with Crippen molar-refractivity contribution in [3.63, 3.8) is 0 Å². The van der Waals surface area contributed by atoms with E-state index in [2.05, 4.69) is 19.2 Å². The Morgan fingerprint density at radius 2 is 0.642 bits per heavy atom. The van der Waals surface area contributed by atoms with Crippen molar-refractivity contribution < 1.29 is 20.1 Å². The topological polar surface area (TPSA) is 89.8 Å². The molecule has 0 saturated carbocycles. The van der Waals surface area contributed by atoms with Crippen LogP contribution >= 0.6 is 0 Å². The zero-order valence-corrected chi connectivity index (χ0v) is 36.2. The highest BCUT2D eigenvalue weighted by molar-refractivity contribution is 5.76. The minimum Gasteiger partial charge on any atom is -0.394 e. The molecular weight excluding hydrogens is 655 g/mol. The van der Waals surface area contributed by atoms with E-state index in [4.69, 9.17) is 0 Å². The van der Waals surface area contributed by atoms with E-state index in [9.17, 15) is 20.1 Å². The molecule has 0 aromatic heterocycles.